The quantitative estimate of drug-likeness (QED) is 0.771. The summed E-state index contributed by atoms with van der Waals surface area (Å²) in [4.78, 5) is 16.6. The molecule has 1 amide bonds. The van der Waals surface area contributed by atoms with Gasteiger partial charge < -0.3 is 5.32 Å². The molecule has 1 heterocycles. The van der Waals surface area contributed by atoms with Gasteiger partial charge in [0.05, 0.1) is 10.6 Å². The second-order valence-corrected chi connectivity index (χ2v) is 5.96. The molecular formula is C17H13ClN2OS. The smallest absolute Gasteiger partial charge is 0.253 e. The van der Waals surface area contributed by atoms with E-state index in [1.807, 2.05) is 29.6 Å². The molecule has 1 aromatic heterocycles. The molecule has 1 N–H and O–H groups in total. The number of rotatable bonds is 4. The third-order valence-corrected chi connectivity index (χ3v) is 4.37. The van der Waals surface area contributed by atoms with Crippen LogP contribution in [0.1, 0.15) is 15.9 Å². The van der Waals surface area contributed by atoms with Crippen LogP contribution in [0, 0.1) is 0 Å². The Labute approximate surface area is 137 Å². The van der Waals surface area contributed by atoms with Crippen molar-refractivity contribution in [3.05, 3.63) is 76.3 Å². The number of nitrogens with one attached hydrogen (secondary N) is 1. The van der Waals surface area contributed by atoms with Crippen molar-refractivity contribution in [2.45, 2.75) is 6.54 Å². The van der Waals surface area contributed by atoms with Gasteiger partial charge in [0.1, 0.15) is 5.01 Å². The molecule has 110 valence electrons. The van der Waals surface area contributed by atoms with Crippen LogP contribution < -0.4 is 5.32 Å². The van der Waals surface area contributed by atoms with Gasteiger partial charge in [0, 0.05) is 23.7 Å². The lowest BCUT2D eigenvalue weighted by atomic mass is 10.1. The Morgan fingerprint density at radius 1 is 1.14 bits per heavy atom. The van der Waals surface area contributed by atoms with E-state index >= 15 is 0 Å². The fourth-order valence-electron chi connectivity index (χ4n) is 2.16. The van der Waals surface area contributed by atoms with Gasteiger partial charge in [-0.3, -0.25) is 4.79 Å². The third-order valence-electron chi connectivity index (χ3n) is 3.24. The summed E-state index contributed by atoms with van der Waals surface area (Å²) in [5, 5.41) is 6.25. The van der Waals surface area contributed by atoms with Gasteiger partial charge in [-0.1, -0.05) is 48.0 Å². The molecule has 5 heteroatoms. The molecule has 0 bridgehead atoms. The first-order chi connectivity index (χ1) is 10.8. The SMILES string of the molecule is O=C(NCc1ccccc1-c1nccs1)c1ccccc1Cl. The predicted molar refractivity (Wildman–Crippen MR) is 90.2 cm³/mol. The molecule has 0 atom stereocenters. The van der Waals surface area contributed by atoms with Gasteiger partial charge in [-0.25, -0.2) is 4.98 Å². The van der Waals surface area contributed by atoms with Crippen LogP contribution in [-0.2, 0) is 6.54 Å². The van der Waals surface area contributed by atoms with Crippen molar-refractivity contribution in [2.75, 3.05) is 0 Å². The van der Waals surface area contributed by atoms with E-state index in [1.165, 1.54) is 0 Å². The first-order valence-corrected chi connectivity index (χ1v) is 8.02. The van der Waals surface area contributed by atoms with Crippen molar-refractivity contribution >= 4 is 28.8 Å². The van der Waals surface area contributed by atoms with Gasteiger partial charge in [0.2, 0.25) is 0 Å². The lowest BCUT2D eigenvalue weighted by molar-refractivity contribution is 0.0951. The maximum atomic E-state index is 12.2. The maximum Gasteiger partial charge on any atom is 0.253 e. The minimum absolute atomic E-state index is 0.181. The van der Waals surface area contributed by atoms with Crippen LogP contribution in [0.4, 0.5) is 0 Å². The molecule has 3 aromatic rings. The minimum Gasteiger partial charge on any atom is -0.348 e. The van der Waals surface area contributed by atoms with Gasteiger partial charge in [0.15, 0.2) is 0 Å². The van der Waals surface area contributed by atoms with E-state index in [4.69, 9.17) is 11.6 Å². The third kappa shape index (κ3) is 3.18. The van der Waals surface area contributed by atoms with Crippen LogP contribution >= 0.6 is 22.9 Å². The van der Waals surface area contributed by atoms with Crippen LogP contribution in [0.2, 0.25) is 5.02 Å². The second kappa shape index (κ2) is 6.73. The zero-order valence-corrected chi connectivity index (χ0v) is 13.2. The standard InChI is InChI=1S/C17H13ClN2OS/c18-15-8-4-3-7-14(15)16(21)20-11-12-5-1-2-6-13(12)17-19-9-10-22-17/h1-10H,11H2,(H,20,21). The Balaban J connectivity index is 1.78. The van der Waals surface area contributed by atoms with E-state index in [0.717, 1.165) is 16.1 Å². The number of halogens is 1. The summed E-state index contributed by atoms with van der Waals surface area (Å²) >= 11 is 7.62. The largest absolute Gasteiger partial charge is 0.348 e. The Bertz CT molecular complexity index is 787. The maximum absolute atomic E-state index is 12.2. The van der Waals surface area contributed by atoms with Crippen molar-refractivity contribution in [3.63, 3.8) is 0 Å². The predicted octanol–water partition coefficient (Wildman–Crippen LogP) is 4.39. The topological polar surface area (TPSA) is 42.0 Å². The van der Waals surface area contributed by atoms with Crippen LogP contribution in [0.25, 0.3) is 10.6 Å². The summed E-state index contributed by atoms with van der Waals surface area (Å²) in [6.07, 6.45) is 1.78. The highest BCUT2D eigenvalue weighted by Crippen LogP contribution is 2.25. The van der Waals surface area contributed by atoms with Gasteiger partial charge in [0.25, 0.3) is 5.91 Å². The summed E-state index contributed by atoms with van der Waals surface area (Å²) in [6.45, 7) is 0.430. The monoisotopic (exact) mass is 328 g/mol. The molecule has 0 radical (unpaired) electrons. The van der Waals surface area contributed by atoms with Crippen molar-refractivity contribution in [1.82, 2.24) is 10.3 Å². The first kappa shape index (κ1) is 14.8. The number of thiazole rings is 1. The number of hydrogen-bond donors (Lipinski definition) is 1. The second-order valence-electron chi connectivity index (χ2n) is 4.66. The molecule has 0 aliphatic carbocycles. The van der Waals surface area contributed by atoms with Crippen LogP contribution in [0.3, 0.4) is 0 Å². The zero-order chi connectivity index (χ0) is 15.4. The van der Waals surface area contributed by atoms with Gasteiger partial charge in [-0.2, -0.15) is 0 Å². The van der Waals surface area contributed by atoms with E-state index in [2.05, 4.69) is 10.3 Å². The van der Waals surface area contributed by atoms with E-state index in [-0.39, 0.29) is 5.91 Å². The molecule has 0 spiro atoms. The molecule has 0 saturated carbocycles. The number of aromatic nitrogens is 1. The van der Waals surface area contributed by atoms with E-state index < -0.39 is 0 Å². The Hall–Kier alpha value is -2.17. The van der Waals surface area contributed by atoms with E-state index in [0.29, 0.717) is 17.1 Å². The minimum atomic E-state index is -0.181. The molecule has 0 aliphatic heterocycles. The van der Waals surface area contributed by atoms with Crippen molar-refractivity contribution in [3.8, 4) is 10.6 Å². The fraction of sp³-hybridized carbons (Fsp3) is 0.0588. The Kier molecular flexibility index (Phi) is 4.51. The summed E-state index contributed by atoms with van der Waals surface area (Å²) in [7, 11) is 0. The van der Waals surface area contributed by atoms with E-state index in [9.17, 15) is 4.79 Å². The number of carbonyl (C=O) groups excluding carboxylic acids is 1. The summed E-state index contributed by atoms with van der Waals surface area (Å²) < 4.78 is 0. The van der Waals surface area contributed by atoms with Gasteiger partial charge in [-0.15, -0.1) is 11.3 Å². The highest BCUT2D eigenvalue weighted by molar-refractivity contribution is 7.13. The molecule has 0 saturated heterocycles. The fourth-order valence-corrected chi connectivity index (χ4v) is 3.08. The molecule has 3 rings (SSSR count). The molecule has 0 aliphatic rings. The van der Waals surface area contributed by atoms with Crippen LogP contribution in [0.15, 0.2) is 60.1 Å². The number of carbonyl (C=O) groups is 1. The molecule has 3 nitrogen and oxygen atoms in total. The highest BCUT2D eigenvalue weighted by atomic mass is 35.5. The van der Waals surface area contributed by atoms with Crippen LogP contribution in [-0.4, -0.2) is 10.9 Å². The number of benzene rings is 2. The van der Waals surface area contributed by atoms with Gasteiger partial charge in [-0.05, 0) is 17.7 Å². The summed E-state index contributed by atoms with van der Waals surface area (Å²) in [6, 6.07) is 14.9. The average Bonchev–Trinajstić information content (AvgIpc) is 3.07. The number of nitrogens with zero attached hydrogens (tertiary/aromatic N) is 1. The van der Waals surface area contributed by atoms with Crippen molar-refractivity contribution < 1.29 is 4.79 Å². The molecule has 0 fully saturated rings. The Morgan fingerprint density at radius 3 is 2.68 bits per heavy atom. The number of hydrogen-bond acceptors (Lipinski definition) is 3. The normalized spacial score (nSPS) is 10.4. The zero-order valence-electron chi connectivity index (χ0n) is 11.6. The Morgan fingerprint density at radius 2 is 1.91 bits per heavy atom. The van der Waals surface area contributed by atoms with E-state index in [1.54, 1.807) is 41.8 Å². The first-order valence-electron chi connectivity index (χ1n) is 6.76. The molecule has 2 aromatic carbocycles. The molecular weight excluding hydrogens is 316 g/mol. The lowest BCUT2D eigenvalue weighted by Crippen LogP contribution is -2.23. The molecule has 22 heavy (non-hydrogen) atoms. The van der Waals surface area contributed by atoms with Crippen molar-refractivity contribution in [2.24, 2.45) is 0 Å². The highest BCUT2D eigenvalue weighted by Gasteiger charge is 2.11. The summed E-state index contributed by atoms with van der Waals surface area (Å²) in [5.41, 5.74) is 2.55. The summed E-state index contributed by atoms with van der Waals surface area (Å²) in [5.74, 6) is -0.181. The molecule has 0 unspecified atom stereocenters. The van der Waals surface area contributed by atoms with Crippen LogP contribution in [0.5, 0.6) is 0 Å². The lowest BCUT2D eigenvalue weighted by Gasteiger charge is -2.10. The number of amides is 1. The van der Waals surface area contributed by atoms with Crippen molar-refractivity contribution in [1.29, 1.82) is 0 Å². The van der Waals surface area contributed by atoms with Gasteiger partial charge >= 0.3 is 0 Å². The average molecular weight is 329 g/mol.